The van der Waals surface area contributed by atoms with Gasteiger partial charge >= 0.3 is 0 Å². The monoisotopic (exact) mass is 176 g/mol. The van der Waals surface area contributed by atoms with Crippen LogP contribution in [0.25, 0.3) is 0 Å². The molecule has 0 heterocycles. The number of hydrogen-bond acceptors (Lipinski definition) is 1. The van der Waals surface area contributed by atoms with E-state index in [0.717, 1.165) is 12.8 Å². The van der Waals surface area contributed by atoms with Crippen molar-refractivity contribution in [2.45, 2.75) is 67.4 Å². The quantitative estimate of drug-likeness (QED) is 0.692. The van der Waals surface area contributed by atoms with Crippen LogP contribution in [-0.2, 0) is 0 Å². The predicted octanol–water partition coefficient (Wildman–Crippen LogP) is 3.86. The highest BCUT2D eigenvalue weighted by Gasteiger charge is 2.08. The summed E-state index contributed by atoms with van der Waals surface area (Å²) in [4.78, 5) is 0. The smallest absolute Gasteiger partial charge is 0.0540 e. The summed E-state index contributed by atoms with van der Waals surface area (Å²) in [6, 6.07) is 0. The first-order valence-corrected chi connectivity index (χ1v) is 5.40. The zero-order valence-electron chi connectivity index (χ0n) is 10.0. The maximum Gasteiger partial charge on any atom is 0.0540 e. The van der Waals surface area contributed by atoms with Crippen molar-refractivity contribution in [2.75, 3.05) is 0 Å². The van der Waals surface area contributed by atoms with Gasteiger partial charge in [-0.25, -0.2) is 0 Å². The van der Waals surface area contributed by atoms with E-state index >= 15 is 0 Å². The highest BCUT2D eigenvalue weighted by atomic mass is 16.3. The fourth-order valence-electron chi connectivity index (χ4n) is 0.971. The summed E-state index contributed by atoms with van der Waals surface area (Å²) in [5, 5.41) is 9.01. The van der Waals surface area contributed by atoms with E-state index < -0.39 is 0 Å². The van der Waals surface area contributed by atoms with E-state index in [1.165, 1.54) is 0 Å². The number of aliphatic hydroxyl groups is 1. The van der Waals surface area contributed by atoms with Crippen LogP contribution in [0.4, 0.5) is 0 Å². The molecular weight excluding hydrogens is 148 g/mol. The Morgan fingerprint density at radius 1 is 0.917 bits per heavy atom. The highest BCUT2D eigenvalue weighted by Crippen LogP contribution is 2.11. The van der Waals surface area contributed by atoms with E-state index in [-0.39, 0.29) is 6.10 Å². The Labute approximate surface area is 79.2 Å². The first kappa shape index (κ1) is 17.9. The molecule has 0 saturated heterocycles. The number of rotatable bonds is 3. The summed E-state index contributed by atoms with van der Waals surface area (Å²) >= 11 is 0. The standard InChI is InChI=1S/C7H16O.2C2H6/c1-4-7(5-2)6(3)8;2*1-2/h6-8H,4-5H2,1-3H3;2*1-2H3. The van der Waals surface area contributed by atoms with Crippen molar-refractivity contribution in [1.29, 1.82) is 0 Å². The summed E-state index contributed by atoms with van der Waals surface area (Å²) in [6.07, 6.45) is 2.06. The van der Waals surface area contributed by atoms with Crippen molar-refractivity contribution in [2.24, 2.45) is 5.92 Å². The molecule has 0 aliphatic carbocycles. The van der Waals surface area contributed by atoms with Gasteiger partial charge in [0.2, 0.25) is 0 Å². The van der Waals surface area contributed by atoms with Crippen molar-refractivity contribution in [1.82, 2.24) is 0 Å². The first-order valence-electron chi connectivity index (χ1n) is 5.40. The molecular formula is C11H28O. The molecule has 1 N–H and O–H groups in total. The lowest BCUT2D eigenvalue weighted by molar-refractivity contribution is 0.120. The first-order chi connectivity index (χ1) is 5.72. The molecule has 12 heavy (non-hydrogen) atoms. The van der Waals surface area contributed by atoms with Gasteiger partial charge in [-0.1, -0.05) is 54.4 Å². The van der Waals surface area contributed by atoms with Crippen molar-refractivity contribution >= 4 is 0 Å². The third-order valence-electron chi connectivity index (χ3n) is 1.73. The normalized spacial score (nSPS) is 10.8. The minimum atomic E-state index is -0.120. The number of aliphatic hydroxyl groups excluding tert-OH is 1. The van der Waals surface area contributed by atoms with Gasteiger partial charge in [0.15, 0.2) is 0 Å². The van der Waals surface area contributed by atoms with E-state index in [9.17, 15) is 0 Å². The van der Waals surface area contributed by atoms with Gasteiger partial charge in [0.05, 0.1) is 6.10 Å². The van der Waals surface area contributed by atoms with Gasteiger partial charge in [-0.15, -0.1) is 0 Å². The van der Waals surface area contributed by atoms with E-state index in [1.54, 1.807) is 0 Å². The lowest BCUT2D eigenvalue weighted by Gasteiger charge is -2.14. The van der Waals surface area contributed by atoms with Crippen molar-refractivity contribution in [3.8, 4) is 0 Å². The Bertz CT molecular complexity index is 47.0. The topological polar surface area (TPSA) is 20.2 Å². The third-order valence-corrected chi connectivity index (χ3v) is 1.73. The van der Waals surface area contributed by atoms with Gasteiger partial charge in [0.25, 0.3) is 0 Å². The van der Waals surface area contributed by atoms with Crippen LogP contribution < -0.4 is 0 Å². The zero-order valence-corrected chi connectivity index (χ0v) is 10.0. The molecule has 0 aromatic carbocycles. The highest BCUT2D eigenvalue weighted by molar-refractivity contribution is 4.59. The molecule has 0 bridgehead atoms. The maximum absolute atomic E-state index is 9.01. The zero-order chi connectivity index (χ0) is 10.6. The average molecular weight is 176 g/mol. The average Bonchev–Trinajstić information content (AvgIpc) is 2.13. The third kappa shape index (κ3) is 12.6. The Balaban J connectivity index is -0.000000175. The van der Waals surface area contributed by atoms with Crippen LogP contribution in [0.5, 0.6) is 0 Å². The van der Waals surface area contributed by atoms with Crippen molar-refractivity contribution in [3.05, 3.63) is 0 Å². The van der Waals surface area contributed by atoms with Gasteiger partial charge in [-0.05, 0) is 12.8 Å². The SMILES string of the molecule is CC.CC.CCC(CC)C(C)O. The van der Waals surface area contributed by atoms with Crippen LogP contribution in [-0.4, -0.2) is 11.2 Å². The van der Waals surface area contributed by atoms with Crippen LogP contribution in [0, 0.1) is 5.92 Å². The van der Waals surface area contributed by atoms with Crippen LogP contribution in [0.15, 0.2) is 0 Å². The summed E-state index contributed by atoms with van der Waals surface area (Å²) < 4.78 is 0. The van der Waals surface area contributed by atoms with Gasteiger partial charge in [0.1, 0.15) is 0 Å². The molecule has 0 saturated carbocycles. The van der Waals surface area contributed by atoms with Gasteiger partial charge in [0, 0.05) is 0 Å². The molecule has 78 valence electrons. The van der Waals surface area contributed by atoms with Gasteiger partial charge in [-0.3, -0.25) is 0 Å². The predicted molar refractivity (Wildman–Crippen MR) is 58.4 cm³/mol. The maximum atomic E-state index is 9.01. The van der Waals surface area contributed by atoms with Crippen molar-refractivity contribution in [3.63, 3.8) is 0 Å². The van der Waals surface area contributed by atoms with E-state index in [2.05, 4.69) is 13.8 Å². The summed E-state index contributed by atoms with van der Waals surface area (Å²) in [5.74, 6) is 0.509. The summed E-state index contributed by atoms with van der Waals surface area (Å²) in [7, 11) is 0. The Morgan fingerprint density at radius 2 is 1.17 bits per heavy atom. The molecule has 1 heteroatoms. The Kier molecular flexibility index (Phi) is 25.6. The van der Waals surface area contributed by atoms with E-state index in [1.807, 2.05) is 34.6 Å². The molecule has 0 radical (unpaired) electrons. The van der Waals surface area contributed by atoms with Gasteiger partial charge in [-0.2, -0.15) is 0 Å². The van der Waals surface area contributed by atoms with E-state index in [0.29, 0.717) is 5.92 Å². The Hall–Kier alpha value is -0.0400. The fourth-order valence-corrected chi connectivity index (χ4v) is 0.971. The molecule has 0 aliphatic rings. The lowest BCUT2D eigenvalue weighted by Crippen LogP contribution is -2.14. The lowest BCUT2D eigenvalue weighted by atomic mass is 9.98. The molecule has 1 atom stereocenters. The van der Waals surface area contributed by atoms with Crippen molar-refractivity contribution < 1.29 is 5.11 Å². The molecule has 0 aliphatic heterocycles. The molecule has 0 amide bonds. The minimum Gasteiger partial charge on any atom is -0.393 e. The van der Waals surface area contributed by atoms with Gasteiger partial charge < -0.3 is 5.11 Å². The molecule has 0 spiro atoms. The van der Waals surface area contributed by atoms with Crippen LogP contribution in [0.2, 0.25) is 0 Å². The van der Waals surface area contributed by atoms with Crippen LogP contribution in [0.3, 0.4) is 0 Å². The minimum absolute atomic E-state index is 0.120. The largest absolute Gasteiger partial charge is 0.393 e. The fraction of sp³-hybridized carbons (Fsp3) is 1.00. The second kappa shape index (κ2) is 17.2. The molecule has 1 unspecified atom stereocenters. The van der Waals surface area contributed by atoms with Crippen LogP contribution in [0.1, 0.15) is 61.3 Å². The van der Waals surface area contributed by atoms with Crippen LogP contribution >= 0.6 is 0 Å². The molecule has 0 fully saturated rings. The summed E-state index contributed by atoms with van der Waals surface area (Å²) in [6.45, 7) is 14.1. The summed E-state index contributed by atoms with van der Waals surface area (Å²) in [5.41, 5.74) is 0. The van der Waals surface area contributed by atoms with E-state index in [4.69, 9.17) is 5.11 Å². The molecule has 0 rings (SSSR count). The molecule has 0 aromatic rings. The Morgan fingerprint density at radius 3 is 1.17 bits per heavy atom. The molecule has 0 aromatic heterocycles. The molecule has 1 nitrogen and oxygen atoms in total. The second-order valence-corrected chi connectivity index (χ2v) is 2.32. The number of hydrogen-bond donors (Lipinski definition) is 1. The second-order valence-electron chi connectivity index (χ2n) is 2.32.